The number of anilines is 1. The molecule has 180 valence electrons. The largest absolute Gasteiger partial charge is 0.482 e. The van der Waals surface area contributed by atoms with Gasteiger partial charge in [0, 0.05) is 29.1 Å². The number of nitrogens with two attached hydrogens (primary N) is 1. The SMILES string of the molecule is CC.CCC(CCNC)n1cc(-c2cnc(N)c(OC(C)c3c(C)ccc(F)c3C)c2)cn1. The summed E-state index contributed by atoms with van der Waals surface area (Å²) in [4.78, 5) is 4.32. The lowest BCUT2D eigenvalue weighted by Crippen LogP contribution is -2.16. The molecular formula is C26H38FN5O. The second-order valence-electron chi connectivity index (χ2n) is 7.93. The number of nitrogens with one attached hydrogen (secondary N) is 1. The number of hydrogen-bond donors (Lipinski definition) is 2. The monoisotopic (exact) mass is 455 g/mol. The highest BCUT2D eigenvalue weighted by Crippen LogP contribution is 2.33. The number of rotatable bonds is 9. The van der Waals surface area contributed by atoms with Crippen LogP contribution in [0.15, 0.2) is 36.8 Å². The maximum absolute atomic E-state index is 14.1. The van der Waals surface area contributed by atoms with Gasteiger partial charge in [-0.1, -0.05) is 26.8 Å². The van der Waals surface area contributed by atoms with Gasteiger partial charge in [0.25, 0.3) is 0 Å². The Kier molecular flexibility index (Phi) is 9.85. The Labute approximate surface area is 197 Å². The minimum absolute atomic E-state index is 0.243. The van der Waals surface area contributed by atoms with Crippen LogP contribution in [0.2, 0.25) is 0 Å². The smallest absolute Gasteiger partial charge is 0.166 e. The third-order valence-corrected chi connectivity index (χ3v) is 5.77. The van der Waals surface area contributed by atoms with Crippen molar-refractivity contribution in [2.24, 2.45) is 0 Å². The van der Waals surface area contributed by atoms with E-state index in [-0.39, 0.29) is 11.9 Å². The average Bonchev–Trinajstić information content (AvgIpc) is 3.30. The van der Waals surface area contributed by atoms with Gasteiger partial charge in [-0.3, -0.25) is 4.68 Å². The van der Waals surface area contributed by atoms with Crippen LogP contribution in [-0.4, -0.2) is 28.4 Å². The lowest BCUT2D eigenvalue weighted by molar-refractivity contribution is 0.225. The second kappa shape index (κ2) is 12.3. The highest BCUT2D eigenvalue weighted by atomic mass is 19.1. The Morgan fingerprint density at radius 2 is 1.91 bits per heavy atom. The highest BCUT2D eigenvalue weighted by molar-refractivity contribution is 5.66. The van der Waals surface area contributed by atoms with Crippen LogP contribution >= 0.6 is 0 Å². The van der Waals surface area contributed by atoms with E-state index in [1.807, 2.05) is 57.9 Å². The molecule has 2 unspecified atom stereocenters. The second-order valence-corrected chi connectivity index (χ2v) is 7.93. The van der Waals surface area contributed by atoms with Crippen LogP contribution in [0.4, 0.5) is 10.2 Å². The zero-order chi connectivity index (χ0) is 24.5. The third kappa shape index (κ3) is 6.32. The summed E-state index contributed by atoms with van der Waals surface area (Å²) in [5, 5.41) is 7.75. The summed E-state index contributed by atoms with van der Waals surface area (Å²) in [6.07, 6.45) is 7.23. The molecule has 7 heteroatoms. The molecule has 2 heterocycles. The lowest BCUT2D eigenvalue weighted by Gasteiger charge is -2.20. The average molecular weight is 456 g/mol. The molecule has 0 saturated carbocycles. The molecule has 3 N–H and O–H groups in total. The van der Waals surface area contributed by atoms with Gasteiger partial charge in [0.15, 0.2) is 11.6 Å². The van der Waals surface area contributed by atoms with Crippen molar-refractivity contribution in [3.63, 3.8) is 0 Å². The van der Waals surface area contributed by atoms with Gasteiger partial charge in [-0.25, -0.2) is 9.37 Å². The molecule has 0 amide bonds. The molecule has 0 saturated heterocycles. The van der Waals surface area contributed by atoms with Crippen molar-refractivity contribution in [2.45, 2.75) is 66.5 Å². The summed E-state index contributed by atoms with van der Waals surface area (Å²) in [5.74, 6) is 0.533. The maximum Gasteiger partial charge on any atom is 0.166 e. The van der Waals surface area contributed by atoms with Crippen LogP contribution in [0, 0.1) is 19.7 Å². The van der Waals surface area contributed by atoms with E-state index in [4.69, 9.17) is 10.5 Å². The van der Waals surface area contributed by atoms with Gasteiger partial charge in [-0.05, 0) is 70.5 Å². The molecule has 0 aliphatic carbocycles. The van der Waals surface area contributed by atoms with Crippen LogP contribution in [0.3, 0.4) is 0 Å². The molecule has 0 spiro atoms. The Morgan fingerprint density at radius 1 is 1.18 bits per heavy atom. The van der Waals surface area contributed by atoms with E-state index in [9.17, 15) is 4.39 Å². The number of hydrogen-bond acceptors (Lipinski definition) is 5. The predicted molar refractivity (Wildman–Crippen MR) is 134 cm³/mol. The topological polar surface area (TPSA) is 78.0 Å². The van der Waals surface area contributed by atoms with E-state index in [1.54, 1.807) is 19.2 Å². The summed E-state index contributed by atoms with van der Waals surface area (Å²) < 4.78 is 22.2. The normalized spacial score (nSPS) is 12.6. The van der Waals surface area contributed by atoms with E-state index < -0.39 is 0 Å². The first-order valence-corrected chi connectivity index (χ1v) is 11.7. The Bertz CT molecular complexity index is 1030. The zero-order valence-corrected chi connectivity index (χ0v) is 20.9. The summed E-state index contributed by atoms with van der Waals surface area (Å²) in [5.41, 5.74) is 10.3. The molecule has 0 aliphatic rings. The molecule has 3 aromatic rings. The fraction of sp³-hybridized carbons (Fsp3) is 0.462. The fourth-order valence-corrected chi connectivity index (χ4v) is 3.94. The van der Waals surface area contributed by atoms with E-state index in [1.165, 1.54) is 6.07 Å². The molecule has 2 aromatic heterocycles. The van der Waals surface area contributed by atoms with Gasteiger partial charge in [0.1, 0.15) is 11.9 Å². The number of benzene rings is 1. The minimum atomic E-state index is -0.371. The Hall–Kier alpha value is -2.93. The molecule has 0 bridgehead atoms. The number of nitrogen functional groups attached to an aromatic ring is 1. The molecule has 6 nitrogen and oxygen atoms in total. The van der Waals surface area contributed by atoms with E-state index in [0.29, 0.717) is 23.2 Å². The van der Waals surface area contributed by atoms with Crippen LogP contribution in [0.25, 0.3) is 11.1 Å². The van der Waals surface area contributed by atoms with Crippen LogP contribution < -0.4 is 15.8 Å². The standard InChI is InChI=1S/C24H32FN5O.C2H6/c1-6-20(9-10-27-5)30-14-19(13-29-30)18-11-22(24(26)28-12-18)31-17(4)23-15(2)7-8-21(25)16(23)3;1-2/h7-8,11-14,17,20,27H,6,9-10H2,1-5H3,(H2,26,28);1-2H3. The molecule has 1 aromatic carbocycles. The van der Waals surface area contributed by atoms with Crippen molar-refractivity contribution in [3.05, 3.63) is 59.3 Å². The first-order valence-electron chi connectivity index (χ1n) is 11.7. The number of nitrogens with zero attached hydrogens (tertiary/aromatic N) is 3. The number of aromatic nitrogens is 3. The maximum atomic E-state index is 14.1. The van der Waals surface area contributed by atoms with Crippen molar-refractivity contribution in [1.29, 1.82) is 0 Å². The van der Waals surface area contributed by atoms with Gasteiger partial charge in [-0.15, -0.1) is 0 Å². The lowest BCUT2D eigenvalue weighted by atomic mass is 9.98. The van der Waals surface area contributed by atoms with E-state index >= 15 is 0 Å². The van der Waals surface area contributed by atoms with Gasteiger partial charge in [0.05, 0.1) is 12.2 Å². The highest BCUT2D eigenvalue weighted by Gasteiger charge is 2.18. The Morgan fingerprint density at radius 3 is 2.58 bits per heavy atom. The molecule has 0 fully saturated rings. The minimum Gasteiger partial charge on any atom is -0.482 e. The first kappa shape index (κ1) is 26.3. The van der Waals surface area contributed by atoms with E-state index in [0.717, 1.165) is 41.6 Å². The Balaban J connectivity index is 0.00000187. The summed E-state index contributed by atoms with van der Waals surface area (Å²) in [7, 11) is 1.95. The van der Waals surface area contributed by atoms with Gasteiger partial charge >= 0.3 is 0 Å². The van der Waals surface area contributed by atoms with Crippen molar-refractivity contribution in [1.82, 2.24) is 20.1 Å². The predicted octanol–water partition coefficient (Wildman–Crippen LogP) is 6.01. The zero-order valence-electron chi connectivity index (χ0n) is 20.9. The quantitative estimate of drug-likeness (QED) is 0.413. The van der Waals surface area contributed by atoms with Crippen molar-refractivity contribution < 1.29 is 9.13 Å². The molecule has 2 atom stereocenters. The molecule has 33 heavy (non-hydrogen) atoms. The van der Waals surface area contributed by atoms with Crippen molar-refractivity contribution in [2.75, 3.05) is 19.3 Å². The molecule has 0 aliphatic heterocycles. The molecule has 0 radical (unpaired) electrons. The molecule has 3 rings (SSSR count). The van der Waals surface area contributed by atoms with Gasteiger partial charge < -0.3 is 15.8 Å². The first-order chi connectivity index (χ1) is 15.8. The van der Waals surface area contributed by atoms with Gasteiger partial charge in [0.2, 0.25) is 0 Å². The summed E-state index contributed by atoms with van der Waals surface area (Å²) in [6.45, 7) is 12.7. The van der Waals surface area contributed by atoms with Gasteiger partial charge in [-0.2, -0.15) is 5.10 Å². The van der Waals surface area contributed by atoms with Crippen molar-refractivity contribution >= 4 is 5.82 Å². The van der Waals surface area contributed by atoms with Crippen LogP contribution in [0.5, 0.6) is 5.75 Å². The van der Waals surface area contributed by atoms with Crippen molar-refractivity contribution in [3.8, 4) is 16.9 Å². The fourth-order valence-electron chi connectivity index (χ4n) is 3.94. The number of pyridine rings is 1. The third-order valence-electron chi connectivity index (χ3n) is 5.77. The van der Waals surface area contributed by atoms with Crippen LogP contribution in [0.1, 0.15) is 69.4 Å². The number of aryl methyl sites for hydroxylation is 1. The number of halogens is 1. The van der Waals surface area contributed by atoms with Crippen LogP contribution in [-0.2, 0) is 0 Å². The van der Waals surface area contributed by atoms with E-state index in [2.05, 4.69) is 22.3 Å². The number of ether oxygens (including phenoxy) is 1. The summed E-state index contributed by atoms with van der Waals surface area (Å²) >= 11 is 0. The molecular weight excluding hydrogens is 417 g/mol. The summed E-state index contributed by atoms with van der Waals surface area (Å²) in [6, 6.07) is 5.45.